The molecule has 1 unspecified atom stereocenters. The maximum absolute atomic E-state index is 13.2. The molecule has 32 heavy (non-hydrogen) atoms. The molecule has 1 saturated heterocycles. The number of fused-ring (bicyclic) bond motifs is 2. The number of piperidine rings is 1. The molecule has 5 rings (SSSR count). The summed E-state index contributed by atoms with van der Waals surface area (Å²) in [5.41, 5.74) is 0.876. The zero-order valence-corrected chi connectivity index (χ0v) is 17.8. The molecule has 2 amide bonds. The number of ether oxygens (including phenoxy) is 3. The fourth-order valence-electron chi connectivity index (χ4n) is 3.97. The Morgan fingerprint density at radius 3 is 2.75 bits per heavy atom. The van der Waals surface area contributed by atoms with E-state index >= 15 is 0 Å². The molecule has 11 heteroatoms. The third kappa shape index (κ3) is 3.84. The van der Waals surface area contributed by atoms with Crippen molar-refractivity contribution < 1.29 is 32.2 Å². The van der Waals surface area contributed by atoms with E-state index in [-0.39, 0.29) is 36.7 Å². The monoisotopic (exact) mass is 459 g/mol. The van der Waals surface area contributed by atoms with Gasteiger partial charge in [-0.05, 0) is 43.2 Å². The van der Waals surface area contributed by atoms with Gasteiger partial charge in [0.25, 0.3) is 5.91 Å². The van der Waals surface area contributed by atoms with Crippen LogP contribution in [0.2, 0.25) is 0 Å². The molecule has 1 fully saturated rings. The van der Waals surface area contributed by atoms with Crippen molar-refractivity contribution in [2.75, 3.05) is 37.1 Å². The fourth-order valence-corrected chi connectivity index (χ4v) is 5.52. The van der Waals surface area contributed by atoms with Crippen LogP contribution < -0.4 is 24.8 Å². The Morgan fingerprint density at radius 1 is 1.06 bits per heavy atom. The van der Waals surface area contributed by atoms with Crippen LogP contribution in [0.4, 0.5) is 11.4 Å². The molecule has 10 nitrogen and oxygen atoms in total. The highest BCUT2D eigenvalue weighted by Crippen LogP contribution is 2.35. The minimum absolute atomic E-state index is 0.0406. The number of nitrogens with zero attached hydrogens (tertiary/aromatic N) is 1. The zero-order valence-electron chi connectivity index (χ0n) is 17.0. The van der Waals surface area contributed by atoms with Crippen molar-refractivity contribution in [2.24, 2.45) is 5.92 Å². The van der Waals surface area contributed by atoms with Crippen LogP contribution in [0.5, 0.6) is 17.2 Å². The Kier molecular flexibility index (Phi) is 5.14. The van der Waals surface area contributed by atoms with E-state index in [2.05, 4.69) is 10.6 Å². The van der Waals surface area contributed by atoms with Crippen LogP contribution in [-0.4, -0.2) is 51.0 Å². The standard InChI is InChI=1S/C21H21N3O7S/c25-20-11-29-17-6-4-15(9-16(17)23-20)32(27,28)24-7-1-2-13(10-24)21(26)22-14-3-5-18-19(8-14)31-12-30-18/h3-6,8-9,13H,1-2,7,10-12H2,(H,22,26)(H,23,25). The number of rotatable bonds is 4. The summed E-state index contributed by atoms with van der Waals surface area (Å²) >= 11 is 0. The van der Waals surface area contributed by atoms with Crippen molar-refractivity contribution >= 4 is 33.2 Å². The summed E-state index contributed by atoms with van der Waals surface area (Å²) in [6, 6.07) is 9.47. The minimum atomic E-state index is -3.85. The van der Waals surface area contributed by atoms with Crippen LogP contribution in [0.1, 0.15) is 12.8 Å². The van der Waals surface area contributed by atoms with Crippen LogP contribution in [0.25, 0.3) is 0 Å². The van der Waals surface area contributed by atoms with Crippen molar-refractivity contribution in [1.82, 2.24) is 4.31 Å². The van der Waals surface area contributed by atoms with E-state index in [0.29, 0.717) is 48.0 Å². The van der Waals surface area contributed by atoms with Gasteiger partial charge in [-0.1, -0.05) is 0 Å². The van der Waals surface area contributed by atoms with Crippen molar-refractivity contribution in [1.29, 1.82) is 0 Å². The number of hydrogen-bond donors (Lipinski definition) is 2. The average Bonchev–Trinajstić information content (AvgIpc) is 3.26. The minimum Gasteiger partial charge on any atom is -0.482 e. The van der Waals surface area contributed by atoms with Crippen LogP contribution in [0.15, 0.2) is 41.3 Å². The quantitative estimate of drug-likeness (QED) is 0.714. The normalized spacial score (nSPS) is 20.1. The number of carbonyl (C=O) groups is 2. The number of amides is 2. The lowest BCUT2D eigenvalue weighted by Crippen LogP contribution is -2.43. The summed E-state index contributed by atoms with van der Waals surface area (Å²) in [6.45, 7) is 0.417. The predicted octanol–water partition coefficient (Wildman–Crippen LogP) is 1.79. The molecule has 0 radical (unpaired) electrons. The van der Waals surface area contributed by atoms with Gasteiger partial charge in [-0.3, -0.25) is 9.59 Å². The first-order valence-corrected chi connectivity index (χ1v) is 11.6. The second-order valence-corrected chi connectivity index (χ2v) is 9.69. The second kappa shape index (κ2) is 7.99. The Hall–Kier alpha value is -3.31. The highest BCUT2D eigenvalue weighted by Gasteiger charge is 2.34. The van der Waals surface area contributed by atoms with Gasteiger partial charge in [0.2, 0.25) is 22.7 Å². The lowest BCUT2D eigenvalue weighted by Gasteiger charge is -2.31. The first kappa shape index (κ1) is 20.6. The van der Waals surface area contributed by atoms with E-state index in [9.17, 15) is 18.0 Å². The maximum atomic E-state index is 13.2. The molecule has 0 saturated carbocycles. The summed E-state index contributed by atoms with van der Waals surface area (Å²) in [5.74, 6) is 0.497. The molecule has 1 atom stereocenters. The summed E-state index contributed by atoms with van der Waals surface area (Å²) in [4.78, 5) is 24.4. The molecular formula is C21H21N3O7S. The molecule has 2 aromatic carbocycles. The smallest absolute Gasteiger partial charge is 0.262 e. The summed E-state index contributed by atoms with van der Waals surface area (Å²) in [6.07, 6.45) is 1.14. The topological polar surface area (TPSA) is 123 Å². The Bertz CT molecular complexity index is 1200. The van der Waals surface area contributed by atoms with Crippen molar-refractivity contribution in [3.05, 3.63) is 36.4 Å². The lowest BCUT2D eigenvalue weighted by atomic mass is 9.98. The van der Waals surface area contributed by atoms with Crippen LogP contribution in [0, 0.1) is 5.92 Å². The Labute approximate surface area is 184 Å². The molecule has 0 spiro atoms. The number of sulfonamides is 1. The van der Waals surface area contributed by atoms with Gasteiger partial charge in [-0.15, -0.1) is 0 Å². The average molecular weight is 459 g/mol. The molecular weight excluding hydrogens is 438 g/mol. The van der Waals surface area contributed by atoms with Gasteiger partial charge >= 0.3 is 0 Å². The van der Waals surface area contributed by atoms with Crippen LogP contribution >= 0.6 is 0 Å². The molecule has 3 aliphatic heterocycles. The van der Waals surface area contributed by atoms with Crippen LogP contribution in [0.3, 0.4) is 0 Å². The largest absolute Gasteiger partial charge is 0.482 e. The fraction of sp³-hybridized carbons (Fsp3) is 0.333. The molecule has 0 aromatic heterocycles. The Balaban J connectivity index is 1.30. The lowest BCUT2D eigenvalue weighted by molar-refractivity contribution is -0.121. The summed E-state index contributed by atoms with van der Waals surface area (Å²) < 4.78 is 43.6. The van der Waals surface area contributed by atoms with E-state index in [1.165, 1.54) is 22.5 Å². The van der Waals surface area contributed by atoms with Gasteiger partial charge in [0, 0.05) is 24.8 Å². The van der Waals surface area contributed by atoms with E-state index < -0.39 is 15.9 Å². The second-order valence-electron chi connectivity index (χ2n) is 7.75. The zero-order chi connectivity index (χ0) is 22.3. The maximum Gasteiger partial charge on any atom is 0.262 e. The summed E-state index contributed by atoms with van der Waals surface area (Å²) in [7, 11) is -3.85. The molecule has 2 aromatic rings. The first-order valence-electron chi connectivity index (χ1n) is 10.2. The van der Waals surface area contributed by atoms with E-state index in [1.807, 2.05) is 0 Å². The van der Waals surface area contributed by atoms with Gasteiger partial charge in [-0.2, -0.15) is 4.31 Å². The van der Waals surface area contributed by atoms with Crippen molar-refractivity contribution in [3.8, 4) is 17.2 Å². The third-order valence-corrected chi connectivity index (χ3v) is 7.48. The van der Waals surface area contributed by atoms with Gasteiger partial charge < -0.3 is 24.8 Å². The number of carbonyl (C=O) groups excluding carboxylic acids is 2. The van der Waals surface area contributed by atoms with Crippen LogP contribution in [-0.2, 0) is 19.6 Å². The molecule has 168 valence electrons. The third-order valence-electron chi connectivity index (χ3n) is 5.62. The number of anilines is 2. The van der Waals surface area contributed by atoms with Gasteiger partial charge in [0.1, 0.15) is 5.75 Å². The molecule has 0 aliphatic carbocycles. The molecule has 0 bridgehead atoms. The van der Waals surface area contributed by atoms with Gasteiger partial charge in [0.05, 0.1) is 16.5 Å². The molecule has 3 heterocycles. The van der Waals surface area contributed by atoms with E-state index in [0.717, 1.165) is 0 Å². The van der Waals surface area contributed by atoms with Crippen molar-refractivity contribution in [3.63, 3.8) is 0 Å². The van der Waals surface area contributed by atoms with Gasteiger partial charge in [0.15, 0.2) is 18.1 Å². The number of nitrogens with one attached hydrogen (secondary N) is 2. The number of hydrogen-bond acceptors (Lipinski definition) is 7. The van der Waals surface area contributed by atoms with E-state index in [1.54, 1.807) is 18.2 Å². The SMILES string of the molecule is O=C1COc2ccc(S(=O)(=O)N3CCCC(C(=O)Nc4ccc5c(c4)OCO5)C3)cc2N1. The highest BCUT2D eigenvalue weighted by molar-refractivity contribution is 7.89. The highest BCUT2D eigenvalue weighted by atomic mass is 32.2. The Morgan fingerprint density at radius 2 is 1.88 bits per heavy atom. The molecule has 3 aliphatic rings. The first-order chi connectivity index (χ1) is 15.4. The number of benzene rings is 2. The summed E-state index contributed by atoms with van der Waals surface area (Å²) in [5, 5.41) is 5.46. The van der Waals surface area contributed by atoms with E-state index in [4.69, 9.17) is 14.2 Å². The molecule has 2 N–H and O–H groups in total. The van der Waals surface area contributed by atoms with Gasteiger partial charge in [-0.25, -0.2) is 8.42 Å². The predicted molar refractivity (Wildman–Crippen MR) is 113 cm³/mol. The van der Waals surface area contributed by atoms with Crippen molar-refractivity contribution in [2.45, 2.75) is 17.7 Å².